The predicted molar refractivity (Wildman–Crippen MR) is 229 cm³/mol. The Kier molecular flexibility index (Phi) is 18.9. The van der Waals surface area contributed by atoms with Crippen molar-refractivity contribution in [2.75, 3.05) is 19.6 Å². The van der Waals surface area contributed by atoms with Crippen molar-refractivity contribution in [2.45, 2.75) is 136 Å². The molecule has 5 rings (SSSR count). The largest absolute Gasteiger partial charge is 0.392 e. The van der Waals surface area contributed by atoms with Crippen LogP contribution in [0.3, 0.4) is 0 Å². The third-order valence-electron chi connectivity index (χ3n) is 10.9. The van der Waals surface area contributed by atoms with Gasteiger partial charge < -0.3 is 30.1 Å². The van der Waals surface area contributed by atoms with Crippen LogP contribution in [0.5, 0.6) is 0 Å². The number of nitrogens with zero attached hydrogens (tertiary/aromatic N) is 1. The normalized spacial score (nSPS) is 16.9. The fourth-order valence-electron chi connectivity index (χ4n) is 7.60. The number of aliphatic hydroxyl groups is 1. The second-order valence-corrected chi connectivity index (χ2v) is 15.5. The Balaban J connectivity index is 1.27. The van der Waals surface area contributed by atoms with Gasteiger partial charge in [-0.1, -0.05) is 169 Å². The monoisotopic (exact) mass is 762 g/mol. The summed E-state index contributed by atoms with van der Waals surface area (Å²) in [6.45, 7) is 8.60. The Morgan fingerprint density at radius 3 is 1.88 bits per heavy atom. The van der Waals surface area contributed by atoms with Crippen LogP contribution in [0.2, 0.25) is 0 Å². The second kappa shape index (κ2) is 24.6. The van der Waals surface area contributed by atoms with Gasteiger partial charge in [0.05, 0.1) is 18.8 Å². The van der Waals surface area contributed by atoms with E-state index in [9.17, 15) is 9.90 Å². The average Bonchev–Trinajstić information content (AvgIpc) is 3.25. The Labute approximate surface area is 337 Å². The van der Waals surface area contributed by atoms with Crippen molar-refractivity contribution in [1.29, 1.82) is 0 Å². The summed E-state index contributed by atoms with van der Waals surface area (Å²) in [6.07, 6.45) is 15.7. The van der Waals surface area contributed by atoms with E-state index >= 15 is 0 Å². The summed E-state index contributed by atoms with van der Waals surface area (Å²) in [5.41, 5.74) is 7.24. The SMILES string of the molecule is CCCCCCCCN(CCCCCCCC)C[C@H]1C[C@@H](c2ccc(CO)cc2)O[C@@H](c2cccc(-c3cccc(CNC(=O)NCc4ccccc4)c3)c2)O1. The quantitative estimate of drug-likeness (QED) is 0.0619. The van der Waals surface area contributed by atoms with Crippen molar-refractivity contribution in [3.05, 3.63) is 131 Å². The van der Waals surface area contributed by atoms with Gasteiger partial charge >= 0.3 is 6.03 Å². The molecule has 1 fully saturated rings. The molecule has 3 N–H and O–H groups in total. The molecule has 0 radical (unpaired) electrons. The summed E-state index contributed by atoms with van der Waals surface area (Å²) in [7, 11) is 0. The van der Waals surface area contributed by atoms with E-state index < -0.39 is 6.29 Å². The molecule has 0 aromatic heterocycles. The van der Waals surface area contributed by atoms with E-state index in [-0.39, 0.29) is 24.8 Å². The summed E-state index contributed by atoms with van der Waals surface area (Å²) >= 11 is 0. The first-order chi connectivity index (χ1) is 27.5. The lowest BCUT2D eigenvalue weighted by Gasteiger charge is -2.38. The molecule has 4 aromatic rings. The van der Waals surface area contributed by atoms with Gasteiger partial charge in [0.2, 0.25) is 0 Å². The van der Waals surface area contributed by atoms with Crippen molar-refractivity contribution < 1.29 is 19.4 Å². The maximum atomic E-state index is 12.6. The minimum absolute atomic E-state index is 0.0162. The molecule has 2 amide bonds. The van der Waals surface area contributed by atoms with Crippen LogP contribution in [0.4, 0.5) is 4.79 Å². The van der Waals surface area contributed by atoms with Crippen molar-refractivity contribution in [3.8, 4) is 11.1 Å². The Morgan fingerprint density at radius 2 is 1.21 bits per heavy atom. The minimum atomic E-state index is -0.515. The van der Waals surface area contributed by atoms with Crippen LogP contribution in [0, 0.1) is 0 Å². The van der Waals surface area contributed by atoms with Crippen LogP contribution in [0.25, 0.3) is 11.1 Å². The third kappa shape index (κ3) is 14.8. The minimum Gasteiger partial charge on any atom is -0.392 e. The number of hydrogen-bond acceptors (Lipinski definition) is 5. The van der Waals surface area contributed by atoms with E-state index in [0.717, 1.165) is 65.0 Å². The number of hydrogen-bond donors (Lipinski definition) is 3. The maximum absolute atomic E-state index is 12.6. The summed E-state index contributed by atoms with van der Waals surface area (Å²) in [4.78, 5) is 15.2. The first-order valence-corrected chi connectivity index (χ1v) is 21.5. The molecule has 56 heavy (non-hydrogen) atoms. The maximum Gasteiger partial charge on any atom is 0.315 e. The number of carbonyl (C=O) groups excluding carboxylic acids is 1. The van der Waals surface area contributed by atoms with E-state index in [0.29, 0.717) is 13.1 Å². The highest BCUT2D eigenvalue weighted by atomic mass is 16.7. The molecule has 1 aliphatic heterocycles. The summed E-state index contributed by atoms with van der Waals surface area (Å²) < 4.78 is 13.7. The van der Waals surface area contributed by atoms with Crippen LogP contribution >= 0.6 is 0 Å². The highest BCUT2D eigenvalue weighted by Gasteiger charge is 2.33. The number of carbonyl (C=O) groups is 1. The van der Waals surface area contributed by atoms with Gasteiger partial charge in [-0.3, -0.25) is 0 Å². The molecule has 0 unspecified atom stereocenters. The lowest BCUT2D eigenvalue weighted by Crippen LogP contribution is -2.40. The number of unbranched alkanes of at least 4 members (excludes halogenated alkanes) is 10. The average molecular weight is 762 g/mol. The predicted octanol–water partition coefficient (Wildman–Crippen LogP) is 11.4. The van der Waals surface area contributed by atoms with Gasteiger partial charge in [-0.05, 0) is 71.4 Å². The summed E-state index contributed by atoms with van der Waals surface area (Å²) in [5, 5.41) is 15.6. The fraction of sp³-hybridized carbons (Fsp3) is 0.490. The zero-order valence-corrected chi connectivity index (χ0v) is 34.1. The molecule has 0 saturated carbocycles. The van der Waals surface area contributed by atoms with Gasteiger partial charge in [-0.15, -0.1) is 0 Å². The number of nitrogens with one attached hydrogen (secondary N) is 2. The summed E-state index contributed by atoms with van der Waals surface area (Å²) in [5.74, 6) is 0. The number of benzene rings is 4. The van der Waals surface area contributed by atoms with Crippen LogP contribution in [-0.4, -0.2) is 41.8 Å². The van der Waals surface area contributed by atoms with Crippen LogP contribution in [-0.2, 0) is 29.2 Å². The fourth-order valence-corrected chi connectivity index (χ4v) is 7.60. The number of ether oxygens (including phenoxy) is 2. The number of aliphatic hydroxyl groups excluding tert-OH is 1. The van der Waals surface area contributed by atoms with Gasteiger partial charge in [0.1, 0.15) is 0 Å². The van der Waals surface area contributed by atoms with Gasteiger partial charge in [-0.25, -0.2) is 4.79 Å². The van der Waals surface area contributed by atoms with E-state index in [4.69, 9.17) is 9.47 Å². The molecule has 1 aliphatic rings. The number of rotatable bonds is 24. The van der Waals surface area contributed by atoms with Gasteiger partial charge in [0.15, 0.2) is 6.29 Å². The molecular weight excluding hydrogens is 695 g/mol. The van der Waals surface area contributed by atoms with Crippen LogP contribution in [0.1, 0.15) is 138 Å². The van der Waals surface area contributed by atoms with E-state index in [1.807, 2.05) is 54.6 Å². The van der Waals surface area contributed by atoms with Crippen molar-refractivity contribution in [2.24, 2.45) is 0 Å². The van der Waals surface area contributed by atoms with Crippen molar-refractivity contribution in [3.63, 3.8) is 0 Å². The van der Waals surface area contributed by atoms with Crippen molar-refractivity contribution >= 4 is 6.03 Å². The van der Waals surface area contributed by atoms with Crippen molar-refractivity contribution in [1.82, 2.24) is 15.5 Å². The van der Waals surface area contributed by atoms with E-state index in [1.165, 1.54) is 77.0 Å². The van der Waals surface area contributed by atoms with Crippen LogP contribution < -0.4 is 10.6 Å². The second-order valence-electron chi connectivity index (χ2n) is 15.5. The highest BCUT2D eigenvalue weighted by molar-refractivity contribution is 5.74. The van der Waals surface area contributed by atoms with Crippen LogP contribution in [0.15, 0.2) is 103 Å². The first-order valence-electron chi connectivity index (χ1n) is 21.5. The standard InChI is InChI=1S/C49H67N3O4/c1-3-5-7-9-11-16-30-52(31-17-12-10-8-6-4-2)37-46-34-47(42-28-26-40(38-53)27-29-42)56-48(55-46)45-25-19-24-44(33-45)43-23-18-22-41(32-43)36-51-49(54)50-35-39-20-14-13-15-21-39/h13-15,18-29,32-33,46-48,53H,3-12,16-17,30-31,34-38H2,1-2H3,(H2,50,51,54)/t46-,47+,48+/m1/s1. The molecule has 0 aliphatic carbocycles. The Morgan fingerprint density at radius 1 is 0.625 bits per heavy atom. The van der Waals surface area contributed by atoms with Gasteiger partial charge in [0, 0.05) is 31.6 Å². The molecule has 7 nitrogen and oxygen atoms in total. The molecule has 4 aromatic carbocycles. The number of amides is 2. The Bertz CT molecular complexity index is 1660. The molecular formula is C49H67N3O4. The number of urea groups is 1. The topological polar surface area (TPSA) is 83.1 Å². The summed E-state index contributed by atoms with van der Waals surface area (Å²) in [6, 6.07) is 34.7. The van der Waals surface area contributed by atoms with E-state index in [2.05, 4.69) is 77.9 Å². The lowest BCUT2D eigenvalue weighted by molar-refractivity contribution is -0.253. The highest BCUT2D eigenvalue weighted by Crippen LogP contribution is 2.39. The zero-order valence-electron chi connectivity index (χ0n) is 34.1. The van der Waals surface area contributed by atoms with Gasteiger partial charge in [-0.2, -0.15) is 0 Å². The van der Waals surface area contributed by atoms with E-state index in [1.54, 1.807) is 0 Å². The first kappa shape index (κ1) is 43.1. The molecule has 7 heteroatoms. The molecule has 0 spiro atoms. The molecule has 1 heterocycles. The zero-order chi connectivity index (χ0) is 39.2. The smallest absolute Gasteiger partial charge is 0.315 e. The molecule has 302 valence electrons. The lowest BCUT2D eigenvalue weighted by atomic mass is 9.98. The molecule has 0 bridgehead atoms. The van der Waals surface area contributed by atoms with Gasteiger partial charge in [0.25, 0.3) is 0 Å². The molecule has 1 saturated heterocycles. The Hall–Kier alpha value is -4.01. The third-order valence-corrected chi connectivity index (χ3v) is 10.9. The molecule has 3 atom stereocenters.